The second kappa shape index (κ2) is 8.67. The molecule has 0 bridgehead atoms. The number of para-hydroxylation sites is 1. The number of amides is 1. The third-order valence-electron chi connectivity index (χ3n) is 5.54. The predicted octanol–water partition coefficient (Wildman–Crippen LogP) is 3.21. The number of carbonyl (C=O) groups excluding carboxylic acids is 1. The minimum absolute atomic E-state index is 0.101. The van der Waals surface area contributed by atoms with Gasteiger partial charge in [-0.2, -0.15) is 5.10 Å². The van der Waals surface area contributed by atoms with Gasteiger partial charge in [0.15, 0.2) is 0 Å². The molecule has 1 amide bonds. The van der Waals surface area contributed by atoms with Crippen LogP contribution >= 0.6 is 0 Å². The molecule has 0 aliphatic carbocycles. The lowest BCUT2D eigenvalue weighted by Crippen LogP contribution is -2.49. The number of piperazine rings is 1. The molecule has 31 heavy (non-hydrogen) atoms. The topological polar surface area (TPSA) is 59.8 Å². The third kappa shape index (κ3) is 4.05. The largest absolute Gasteiger partial charge is 0.497 e. The zero-order valence-corrected chi connectivity index (χ0v) is 17.8. The van der Waals surface area contributed by atoms with Crippen molar-refractivity contribution in [3.8, 4) is 22.8 Å². The zero-order chi connectivity index (χ0) is 22.0. The molecule has 2 aromatic carbocycles. The highest BCUT2D eigenvalue weighted by Gasteiger charge is 2.26. The highest BCUT2D eigenvalue weighted by Crippen LogP contribution is 2.33. The van der Waals surface area contributed by atoms with Gasteiger partial charge in [-0.25, -0.2) is 4.39 Å². The van der Waals surface area contributed by atoms with Crippen LogP contribution in [0.3, 0.4) is 0 Å². The van der Waals surface area contributed by atoms with E-state index in [1.807, 2.05) is 29.2 Å². The van der Waals surface area contributed by atoms with Crippen LogP contribution in [0, 0.1) is 5.82 Å². The van der Waals surface area contributed by atoms with Crippen LogP contribution < -0.4 is 14.4 Å². The van der Waals surface area contributed by atoms with Gasteiger partial charge in [0.25, 0.3) is 5.91 Å². The molecule has 7 nitrogen and oxygen atoms in total. The van der Waals surface area contributed by atoms with Crippen LogP contribution in [0.5, 0.6) is 11.5 Å². The molecule has 4 rings (SSSR count). The zero-order valence-electron chi connectivity index (χ0n) is 17.8. The van der Waals surface area contributed by atoms with Gasteiger partial charge < -0.3 is 19.3 Å². The second-order valence-electron chi connectivity index (χ2n) is 7.34. The van der Waals surface area contributed by atoms with E-state index < -0.39 is 0 Å². The fourth-order valence-electron chi connectivity index (χ4n) is 3.83. The van der Waals surface area contributed by atoms with Gasteiger partial charge in [0.1, 0.15) is 23.0 Å². The summed E-state index contributed by atoms with van der Waals surface area (Å²) in [5.74, 6) is 0.983. The molecule has 1 saturated heterocycles. The van der Waals surface area contributed by atoms with Crippen LogP contribution in [0.2, 0.25) is 0 Å². The van der Waals surface area contributed by atoms with E-state index in [0.717, 1.165) is 5.56 Å². The standard InChI is InChI=1S/C23H25FN4O3/c1-26-21(15-19(25-26)17-14-16(30-2)8-9-22(17)31-3)23(29)28-12-10-27(11-13-28)20-7-5-4-6-18(20)24/h4-9,14-15H,10-13H2,1-3H3. The number of aromatic nitrogens is 2. The van der Waals surface area contributed by atoms with E-state index in [1.54, 1.807) is 49.0 Å². The number of nitrogens with zero attached hydrogens (tertiary/aromatic N) is 4. The Hall–Kier alpha value is -3.55. The number of halogens is 1. The van der Waals surface area contributed by atoms with Crippen molar-refractivity contribution in [2.24, 2.45) is 7.05 Å². The predicted molar refractivity (Wildman–Crippen MR) is 116 cm³/mol. The van der Waals surface area contributed by atoms with Crippen LogP contribution in [-0.2, 0) is 7.05 Å². The monoisotopic (exact) mass is 424 g/mol. The number of hydrogen-bond donors (Lipinski definition) is 0. The Morgan fingerprint density at radius 1 is 1.00 bits per heavy atom. The van der Waals surface area contributed by atoms with E-state index in [0.29, 0.717) is 54.8 Å². The van der Waals surface area contributed by atoms with Crippen LogP contribution in [0.1, 0.15) is 10.5 Å². The van der Waals surface area contributed by atoms with Gasteiger partial charge >= 0.3 is 0 Å². The van der Waals surface area contributed by atoms with Crippen molar-refractivity contribution in [2.45, 2.75) is 0 Å². The van der Waals surface area contributed by atoms with Gasteiger partial charge in [0.05, 0.1) is 25.6 Å². The Bertz CT molecular complexity index is 1090. The number of ether oxygens (including phenoxy) is 2. The molecule has 0 atom stereocenters. The highest BCUT2D eigenvalue weighted by molar-refractivity contribution is 5.94. The van der Waals surface area contributed by atoms with Gasteiger partial charge in [0, 0.05) is 38.8 Å². The van der Waals surface area contributed by atoms with Crippen LogP contribution in [-0.4, -0.2) is 61.0 Å². The van der Waals surface area contributed by atoms with Gasteiger partial charge in [-0.05, 0) is 36.4 Å². The second-order valence-corrected chi connectivity index (χ2v) is 7.34. The summed E-state index contributed by atoms with van der Waals surface area (Å²) >= 11 is 0. The lowest BCUT2D eigenvalue weighted by atomic mass is 10.1. The first kappa shape index (κ1) is 20.7. The number of methoxy groups -OCH3 is 2. The molecular weight excluding hydrogens is 399 g/mol. The Balaban J connectivity index is 1.52. The molecule has 3 aromatic rings. The van der Waals surface area contributed by atoms with Crippen molar-refractivity contribution in [1.82, 2.24) is 14.7 Å². The maximum absolute atomic E-state index is 14.1. The molecule has 0 radical (unpaired) electrons. The maximum atomic E-state index is 14.1. The SMILES string of the molecule is COc1ccc(OC)c(-c2cc(C(=O)N3CCN(c4ccccc4F)CC3)n(C)n2)c1. The molecule has 0 spiro atoms. The maximum Gasteiger partial charge on any atom is 0.272 e. The molecule has 2 heterocycles. The average molecular weight is 424 g/mol. The summed E-state index contributed by atoms with van der Waals surface area (Å²) in [5, 5.41) is 4.53. The number of anilines is 1. The van der Waals surface area contributed by atoms with E-state index in [1.165, 1.54) is 6.07 Å². The average Bonchev–Trinajstić information content (AvgIpc) is 3.20. The van der Waals surface area contributed by atoms with Gasteiger partial charge in [-0.3, -0.25) is 9.48 Å². The molecule has 0 N–H and O–H groups in total. The Labute approximate surface area is 180 Å². The first-order valence-corrected chi connectivity index (χ1v) is 10.1. The summed E-state index contributed by atoms with van der Waals surface area (Å²) in [6, 6.07) is 13.9. The Kier molecular flexibility index (Phi) is 5.79. The minimum Gasteiger partial charge on any atom is -0.497 e. The summed E-state index contributed by atoms with van der Waals surface area (Å²) in [4.78, 5) is 16.9. The molecule has 8 heteroatoms. The fraction of sp³-hybridized carbons (Fsp3) is 0.304. The van der Waals surface area contributed by atoms with Crippen LogP contribution in [0.4, 0.5) is 10.1 Å². The number of aryl methyl sites for hydroxylation is 1. The molecule has 162 valence electrons. The van der Waals surface area contributed by atoms with Gasteiger partial charge in [-0.1, -0.05) is 12.1 Å². The van der Waals surface area contributed by atoms with E-state index in [-0.39, 0.29) is 11.7 Å². The summed E-state index contributed by atoms with van der Waals surface area (Å²) in [6.45, 7) is 2.16. The van der Waals surface area contributed by atoms with Crippen molar-refractivity contribution in [3.05, 3.63) is 60.0 Å². The lowest BCUT2D eigenvalue weighted by molar-refractivity contribution is 0.0735. The summed E-state index contributed by atoms with van der Waals surface area (Å²) in [6.07, 6.45) is 0. The van der Waals surface area contributed by atoms with E-state index in [4.69, 9.17) is 9.47 Å². The Morgan fingerprint density at radius 3 is 2.42 bits per heavy atom. The first-order valence-electron chi connectivity index (χ1n) is 10.1. The van der Waals surface area contributed by atoms with Crippen molar-refractivity contribution in [3.63, 3.8) is 0 Å². The molecule has 1 fully saturated rings. The molecule has 0 saturated carbocycles. The van der Waals surface area contributed by atoms with E-state index >= 15 is 0 Å². The normalized spacial score (nSPS) is 13.9. The van der Waals surface area contributed by atoms with Crippen molar-refractivity contribution < 1.29 is 18.7 Å². The molecule has 1 aliphatic heterocycles. The fourth-order valence-corrected chi connectivity index (χ4v) is 3.83. The number of rotatable bonds is 5. The first-order chi connectivity index (χ1) is 15.0. The van der Waals surface area contributed by atoms with E-state index in [9.17, 15) is 9.18 Å². The quantitative estimate of drug-likeness (QED) is 0.630. The minimum atomic E-state index is -0.245. The van der Waals surface area contributed by atoms with Crippen molar-refractivity contribution in [1.29, 1.82) is 0 Å². The smallest absolute Gasteiger partial charge is 0.272 e. The number of benzene rings is 2. The Morgan fingerprint density at radius 2 is 1.74 bits per heavy atom. The van der Waals surface area contributed by atoms with Crippen molar-refractivity contribution >= 4 is 11.6 Å². The number of carbonyl (C=O) groups is 1. The van der Waals surface area contributed by atoms with E-state index in [2.05, 4.69) is 5.10 Å². The molecular formula is C23H25FN4O3. The van der Waals surface area contributed by atoms with Gasteiger partial charge in [-0.15, -0.1) is 0 Å². The summed E-state index contributed by atoms with van der Waals surface area (Å²) in [7, 11) is 4.94. The summed E-state index contributed by atoms with van der Waals surface area (Å²) in [5.41, 5.74) is 2.44. The summed E-state index contributed by atoms with van der Waals surface area (Å²) < 4.78 is 26.4. The number of hydrogen-bond acceptors (Lipinski definition) is 5. The molecule has 1 aromatic heterocycles. The molecule has 1 aliphatic rings. The third-order valence-corrected chi connectivity index (χ3v) is 5.54. The van der Waals surface area contributed by atoms with Crippen LogP contribution in [0.15, 0.2) is 48.5 Å². The van der Waals surface area contributed by atoms with Crippen LogP contribution in [0.25, 0.3) is 11.3 Å². The lowest BCUT2D eigenvalue weighted by Gasteiger charge is -2.36. The highest BCUT2D eigenvalue weighted by atomic mass is 19.1. The molecule has 0 unspecified atom stereocenters. The van der Waals surface area contributed by atoms with Gasteiger partial charge in [0.2, 0.25) is 0 Å². The van der Waals surface area contributed by atoms with Crippen molar-refractivity contribution in [2.75, 3.05) is 45.3 Å².